The predicted molar refractivity (Wildman–Crippen MR) is 282 cm³/mol. The molecule has 0 unspecified atom stereocenters. The highest BCUT2D eigenvalue weighted by atomic mass is 16.4. The summed E-state index contributed by atoms with van der Waals surface area (Å²) in [6.45, 7) is 26.8. The smallest absolute Gasteiger partial charge is 0.326 e. The molecule has 0 aromatic carbocycles. The molecule has 0 aliphatic rings. The van der Waals surface area contributed by atoms with Gasteiger partial charge in [0.05, 0.1) is 0 Å². The van der Waals surface area contributed by atoms with E-state index in [9.17, 15) is 53.1 Å². The lowest BCUT2D eigenvalue weighted by molar-refractivity contribution is -0.160. The van der Waals surface area contributed by atoms with Crippen LogP contribution in [0.2, 0.25) is 0 Å². The third-order valence-electron chi connectivity index (χ3n) is 15.0. The van der Waals surface area contributed by atoms with E-state index in [1.54, 1.807) is 34.6 Å². The number of hydrogen-bond donors (Lipinski definition) is 5. The van der Waals surface area contributed by atoms with Gasteiger partial charge in [-0.3, -0.25) is 43.2 Å². The molecule has 0 heterocycles. The monoisotopic (exact) mass is 1040 g/mol. The van der Waals surface area contributed by atoms with E-state index in [0.29, 0.717) is 32.1 Å². The predicted octanol–water partition coefficient (Wildman–Crippen LogP) is 3.88. The fourth-order valence-corrected chi connectivity index (χ4v) is 9.26. The van der Waals surface area contributed by atoms with Crippen molar-refractivity contribution in [2.24, 2.45) is 47.2 Å². The maximum absolute atomic E-state index is 15.0. The molecule has 9 amide bonds. The van der Waals surface area contributed by atoms with Crippen molar-refractivity contribution in [1.82, 2.24) is 40.4 Å². The van der Waals surface area contributed by atoms with Crippen LogP contribution in [0, 0.1) is 41.4 Å². The maximum Gasteiger partial charge on any atom is 0.326 e. The van der Waals surface area contributed by atoms with Crippen LogP contribution in [0.5, 0.6) is 0 Å². The number of nitrogens with zero attached hydrogens (tertiary/aromatic N) is 5. The second-order valence-corrected chi connectivity index (χ2v) is 21.4. The summed E-state index contributed by atoms with van der Waals surface area (Å²) >= 11 is 0. The van der Waals surface area contributed by atoms with Gasteiger partial charge in [0.1, 0.15) is 48.3 Å². The van der Waals surface area contributed by atoms with E-state index < -0.39 is 131 Å². The molecule has 6 N–H and O–H groups in total. The summed E-state index contributed by atoms with van der Waals surface area (Å²) in [6, 6.07) is -8.99. The van der Waals surface area contributed by atoms with Crippen molar-refractivity contribution in [3.05, 3.63) is 0 Å². The van der Waals surface area contributed by atoms with Crippen LogP contribution in [0.25, 0.3) is 0 Å². The molecule has 0 rings (SSSR count). The van der Waals surface area contributed by atoms with Gasteiger partial charge >= 0.3 is 5.97 Å². The molecule has 20 nitrogen and oxygen atoms in total. The van der Waals surface area contributed by atoms with Crippen LogP contribution < -0.4 is 21.7 Å². The highest BCUT2D eigenvalue weighted by Crippen LogP contribution is 2.27. The molecule has 13 atom stereocenters. The molecule has 73 heavy (non-hydrogen) atoms. The van der Waals surface area contributed by atoms with Crippen molar-refractivity contribution in [3.63, 3.8) is 0 Å². The van der Waals surface area contributed by atoms with E-state index in [1.165, 1.54) is 66.7 Å². The highest BCUT2D eigenvalue weighted by Gasteiger charge is 2.46. The summed E-state index contributed by atoms with van der Waals surface area (Å²) in [5.74, 6) is -9.14. The van der Waals surface area contributed by atoms with Crippen LogP contribution in [-0.4, -0.2) is 172 Å². The maximum atomic E-state index is 15.0. The molecule has 0 aliphatic heterocycles. The van der Waals surface area contributed by atoms with Crippen molar-refractivity contribution in [3.8, 4) is 0 Å². The Hall–Kier alpha value is -5.30. The SMILES string of the molecule is CC[C@H](C)[C@H](NC(=O)[C@H](CC(C)C)N(C)C(=O)[C@@H](NC(=O)[C@@H](CCC(N)=O)NC(C)=O)[C@@H](C)CC)C(=O)N(C)[C@H](C(=O)N(C)[C@H](C(=O)N(C)[C@H](C(=O)N(C)[C@H](C(=O)O)[C@@H](C)CC)[C@@H](C)CC)[C@@H](C)CC)C(C)C. The lowest BCUT2D eigenvalue weighted by Crippen LogP contribution is -2.63. The van der Waals surface area contributed by atoms with Crippen LogP contribution in [0.4, 0.5) is 0 Å². The summed E-state index contributed by atoms with van der Waals surface area (Å²) in [4.78, 5) is 144. The van der Waals surface area contributed by atoms with Gasteiger partial charge in [-0.2, -0.15) is 0 Å². The topological polar surface area (TPSA) is 269 Å². The Morgan fingerprint density at radius 1 is 0.466 bits per heavy atom. The average Bonchev–Trinajstić information content (AvgIpc) is 3.32. The van der Waals surface area contributed by atoms with Crippen LogP contribution in [0.1, 0.15) is 155 Å². The number of rotatable bonds is 32. The van der Waals surface area contributed by atoms with Crippen LogP contribution in [0.3, 0.4) is 0 Å². The molecule has 0 saturated heterocycles. The van der Waals surface area contributed by atoms with Crippen molar-refractivity contribution in [2.75, 3.05) is 35.2 Å². The lowest BCUT2D eigenvalue weighted by atomic mass is 9.90. The van der Waals surface area contributed by atoms with E-state index >= 15 is 0 Å². The Bertz CT molecular complexity index is 1880. The molecule has 0 aromatic rings. The lowest BCUT2D eigenvalue weighted by Gasteiger charge is -2.43. The number of carbonyl (C=O) groups is 10. The number of aliphatic carboxylic acids is 1. The van der Waals surface area contributed by atoms with Gasteiger partial charge in [-0.05, 0) is 54.3 Å². The first kappa shape index (κ1) is 67.7. The van der Waals surface area contributed by atoms with Crippen molar-refractivity contribution >= 4 is 59.1 Å². The Balaban J connectivity index is 7.21. The Morgan fingerprint density at radius 2 is 0.808 bits per heavy atom. The highest BCUT2D eigenvalue weighted by molar-refractivity contribution is 5.98. The molecule has 20 heteroatoms. The van der Waals surface area contributed by atoms with Crippen molar-refractivity contribution in [1.29, 1.82) is 0 Å². The Labute approximate surface area is 437 Å². The number of primary amides is 1. The molecule has 0 saturated carbocycles. The average molecular weight is 1040 g/mol. The van der Waals surface area contributed by atoms with Gasteiger partial charge in [0, 0.05) is 48.6 Å². The minimum absolute atomic E-state index is 0.0983. The summed E-state index contributed by atoms with van der Waals surface area (Å²) in [5.41, 5.74) is 5.32. The third-order valence-corrected chi connectivity index (χ3v) is 15.0. The molecule has 0 fully saturated rings. The van der Waals surface area contributed by atoms with E-state index in [0.717, 1.165) is 0 Å². The molecule has 0 aromatic heterocycles. The quantitative estimate of drug-likeness (QED) is 0.0646. The molecular weight excluding hydrogens is 939 g/mol. The standard InChI is InChI=1S/C53H97N9O11/c1-21-31(10)40(56-46(65)37(55-36(15)63)26-27-39(54)64)48(67)58(16)38(28-29(6)7)47(66)57-41(32(11)22-2)49(68)59(17)42(30(8)9)50(69)60(18)43(33(12)23-3)51(70)61(19)44(34(13)24-4)52(71)62(20)45(53(72)73)35(14)25-5/h29-35,37-38,40-45H,21-28H2,1-20H3,(H2,54,64)(H,55,63)(H,56,65)(H,57,66)(H,72,73)/t31-,32-,33-,34-,35-,37+,38-,40-,41-,42-,43-,44-,45-/m0/s1. The second-order valence-electron chi connectivity index (χ2n) is 21.4. The first-order valence-corrected chi connectivity index (χ1v) is 26.5. The zero-order valence-corrected chi connectivity index (χ0v) is 48.2. The fourth-order valence-electron chi connectivity index (χ4n) is 9.26. The normalized spacial score (nSPS) is 16.8. The minimum atomic E-state index is -1.17. The molecule has 0 bridgehead atoms. The Kier molecular flexibility index (Phi) is 29.2. The van der Waals surface area contributed by atoms with Gasteiger partial charge < -0.3 is 51.3 Å². The van der Waals surface area contributed by atoms with E-state index in [2.05, 4.69) is 16.0 Å². The number of carbonyl (C=O) groups excluding carboxylic acids is 9. The number of amides is 9. The first-order chi connectivity index (χ1) is 33.7. The van der Waals surface area contributed by atoms with Crippen molar-refractivity contribution in [2.45, 2.75) is 204 Å². The molecule has 0 spiro atoms. The number of likely N-dealkylation sites (N-methyl/N-ethyl adjacent to an activating group) is 5. The van der Waals surface area contributed by atoms with E-state index in [4.69, 9.17) is 5.73 Å². The zero-order valence-electron chi connectivity index (χ0n) is 48.2. The zero-order chi connectivity index (χ0) is 57.1. The molecule has 0 radical (unpaired) electrons. The van der Waals surface area contributed by atoms with Gasteiger partial charge in [-0.1, -0.05) is 129 Å². The fraction of sp³-hybridized carbons (Fsp3) is 0.811. The molecular formula is C53H97N9O11. The summed E-state index contributed by atoms with van der Waals surface area (Å²) in [6.07, 6.45) is 2.23. The van der Waals surface area contributed by atoms with E-state index in [1.807, 2.05) is 62.3 Å². The van der Waals surface area contributed by atoms with Gasteiger partial charge in [-0.15, -0.1) is 0 Å². The second kappa shape index (κ2) is 31.4. The van der Waals surface area contributed by atoms with E-state index in [-0.39, 0.29) is 37.0 Å². The number of carboxylic acids is 1. The molecule has 420 valence electrons. The summed E-state index contributed by atoms with van der Waals surface area (Å²) in [7, 11) is 7.38. The van der Waals surface area contributed by atoms with Gasteiger partial charge in [-0.25, -0.2) is 4.79 Å². The first-order valence-electron chi connectivity index (χ1n) is 26.5. The number of nitrogens with one attached hydrogen (secondary N) is 3. The van der Waals surface area contributed by atoms with Gasteiger partial charge in [0.15, 0.2) is 0 Å². The number of hydrogen-bond acceptors (Lipinski definition) is 10. The van der Waals surface area contributed by atoms with Crippen LogP contribution in [-0.2, 0) is 47.9 Å². The number of carboxylic acid groups (broad SMARTS) is 1. The third kappa shape index (κ3) is 18.9. The van der Waals surface area contributed by atoms with Gasteiger partial charge in [0.25, 0.3) is 0 Å². The number of nitrogens with two attached hydrogens (primary N) is 1. The molecule has 0 aliphatic carbocycles. The summed E-state index contributed by atoms with van der Waals surface area (Å²) in [5, 5.41) is 18.4. The van der Waals surface area contributed by atoms with Crippen molar-refractivity contribution < 1.29 is 53.1 Å². The largest absolute Gasteiger partial charge is 0.480 e. The minimum Gasteiger partial charge on any atom is -0.480 e. The van der Waals surface area contributed by atoms with Crippen LogP contribution in [0.15, 0.2) is 0 Å². The summed E-state index contributed by atoms with van der Waals surface area (Å²) < 4.78 is 0. The Morgan fingerprint density at radius 3 is 1.15 bits per heavy atom. The van der Waals surface area contributed by atoms with Gasteiger partial charge in [0.2, 0.25) is 53.2 Å². The van der Waals surface area contributed by atoms with Crippen LogP contribution >= 0.6 is 0 Å².